The molecule has 0 atom stereocenters. The first-order valence-electron chi connectivity index (χ1n) is 4.90. The van der Waals surface area contributed by atoms with E-state index in [9.17, 15) is 4.79 Å². The van der Waals surface area contributed by atoms with Crippen LogP contribution in [-0.2, 0) is 11.3 Å². The summed E-state index contributed by atoms with van der Waals surface area (Å²) in [5.41, 5.74) is 7.67. The van der Waals surface area contributed by atoms with Crippen molar-refractivity contribution in [3.8, 4) is 0 Å². The molecular formula is C12H10BrNO2S. The maximum atomic E-state index is 11.7. The Bertz CT molecular complexity index is 525. The van der Waals surface area contributed by atoms with Gasteiger partial charge in [0.25, 0.3) is 0 Å². The molecule has 0 aliphatic heterocycles. The molecule has 0 fully saturated rings. The molecule has 2 N–H and O–H groups in total. The molecule has 0 saturated carbocycles. The van der Waals surface area contributed by atoms with E-state index in [1.165, 1.54) is 0 Å². The van der Waals surface area contributed by atoms with Gasteiger partial charge in [-0.1, -0.05) is 0 Å². The standard InChI is InChI=1S/C12H10BrNO2S/c13-10-2-1-9(5-11(10)14)12(15)16-6-8-3-4-17-7-8/h1-5,7H,6,14H2. The maximum Gasteiger partial charge on any atom is 0.338 e. The molecule has 3 nitrogen and oxygen atoms in total. The summed E-state index contributed by atoms with van der Waals surface area (Å²) in [5, 5.41) is 3.89. The molecule has 0 amide bonds. The van der Waals surface area contributed by atoms with Crippen LogP contribution in [-0.4, -0.2) is 5.97 Å². The van der Waals surface area contributed by atoms with E-state index in [4.69, 9.17) is 10.5 Å². The van der Waals surface area contributed by atoms with E-state index < -0.39 is 0 Å². The highest BCUT2D eigenvalue weighted by Gasteiger charge is 2.09. The minimum absolute atomic E-state index is 0.290. The monoisotopic (exact) mass is 311 g/mol. The van der Waals surface area contributed by atoms with Gasteiger partial charge in [-0.25, -0.2) is 4.79 Å². The first kappa shape index (κ1) is 12.1. The van der Waals surface area contributed by atoms with Gasteiger partial charge in [-0.2, -0.15) is 11.3 Å². The number of esters is 1. The number of hydrogen-bond acceptors (Lipinski definition) is 4. The Hall–Kier alpha value is -1.33. The number of ether oxygens (including phenoxy) is 1. The highest BCUT2D eigenvalue weighted by atomic mass is 79.9. The number of halogens is 1. The second-order valence-corrected chi connectivity index (χ2v) is 5.08. The van der Waals surface area contributed by atoms with Crippen molar-refractivity contribution in [3.05, 3.63) is 50.6 Å². The lowest BCUT2D eigenvalue weighted by Gasteiger charge is -2.05. The Labute approximate surface area is 111 Å². The third-order valence-corrected chi connectivity index (χ3v) is 3.64. The third-order valence-electron chi connectivity index (χ3n) is 2.18. The van der Waals surface area contributed by atoms with Crippen LogP contribution < -0.4 is 5.73 Å². The van der Waals surface area contributed by atoms with Gasteiger partial charge in [-0.15, -0.1) is 0 Å². The van der Waals surface area contributed by atoms with E-state index >= 15 is 0 Å². The van der Waals surface area contributed by atoms with Crippen molar-refractivity contribution in [1.29, 1.82) is 0 Å². The third kappa shape index (κ3) is 3.08. The summed E-state index contributed by atoms with van der Waals surface area (Å²) in [6, 6.07) is 6.93. The molecule has 0 saturated heterocycles. The lowest BCUT2D eigenvalue weighted by atomic mass is 10.2. The molecule has 0 aliphatic rings. The normalized spacial score (nSPS) is 10.2. The molecule has 0 aliphatic carbocycles. The van der Waals surface area contributed by atoms with Crippen LogP contribution in [0, 0.1) is 0 Å². The van der Waals surface area contributed by atoms with Crippen molar-refractivity contribution in [3.63, 3.8) is 0 Å². The molecule has 2 rings (SSSR count). The van der Waals surface area contributed by atoms with Crippen LogP contribution in [0.25, 0.3) is 0 Å². The van der Waals surface area contributed by atoms with Gasteiger partial charge in [0.05, 0.1) is 5.56 Å². The van der Waals surface area contributed by atoms with Crippen LogP contribution in [0.15, 0.2) is 39.5 Å². The van der Waals surface area contributed by atoms with Crippen molar-refractivity contribution < 1.29 is 9.53 Å². The molecule has 2 aromatic rings. The summed E-state index contributed by atoms with van der Waals surface area (Å²) in [4.78, 5) is 11.7. The van der Waals surface area contributed by atoms with Crippen molar-refractivity contribution in [2.24, 2.45) is 0 Å². The highest BCUT2D eigenvalue weighted by Crippen LogP contribution is 2.21. The summed E-state index contributed by atoms with van der Waals surface area (Å²) in [7, 11) is 0. The van der Waals surface area contributed by atoms with Gasteiger partial charge in [-0.3, -0.25) is 0 Å². The molecular weight excluding hydrogens is 302 g/mol. The minimum atomic E-state index is -0.365. The predicted octanol–water partition coefficient (Wildman–Crippen LogP) is 3.45. The van der Waals surface area contributed by atoms with Gasteiger partial charge in [0.1, 0.15) is 6.61 Å². The topological polar surface area (TPSA) is 52.3 Å². The summed E-state index contributed by atoms with van der Waals surface area (Å²) < 4.78 is 5.93. The van der Waals surface area contributed by atoms with E-state index in [2.05, 4.69) is 15.9 Å². The number of rotatable bonds is 3. The number of hydrogen-bond donors (Lipinski definition) is 1. The number of carbonyl (C=O) groups is 1. The molecule has 17 heavy (non-hydrogen) atoms. The van der Waals surface area contributed by atoms with Gasteiger partial charge in [0, 0.05) is 15.7 Å². The van der Waals surface area contributed by atoms with Crippen LogP contribution in [0.5, 0.6) is 0 Å². The molecule has 0 spiro atoms. The SMILES string of the molecule is Nc1cc(C(=O)OCc2ccsc2)ccc1Br. The van der Waals surface area contributed by atoms with Crippen molar-refractivity contribution >= 4 is 38.9 Å². The number of anilines is 1. The summed E-state index contributed by atoms with van der Waals surface area (Å²) >= 11 is 4.85. The Balaban J connectivity index is 2.02. The van der Waals surface area contributed by atoms with E-state index in [0.717, 1.165) is 10.0 Å². The van der Waals surface area contributed by atoms with Gasteiger partial charge in [0.15, 0.2) is 0 Å². The lowest BCUT2D eigenvalue weighted by Crippen LogP contribution is -2.05. The molecule has 5 heteroatoms. The molecule has 88 valence electrons. The van der Waals surface area contributed by atoms with Crippen molar-refractivity contribution in [1.82, 2.24) is 0 Å². The van der Waals surface area contributed by atoms with E-state index in [-0.39, 0.29) is 12.6 Å². The van der Waals surface area contributed by atoms with E-state index in [1.807, 2.05) is 16.8 Å². The maximum absolute atomic E-state index is 11.7. The molecule has 0 bridgehead atoms. The van der Waals surface area contributed by atoms with Crippen molar-refractivity contribution in [2.75, 3.05) is 5.73 Å². The Morgan fingerprint density at radius 1 is 1.41 bits per heavy atom. The average molecular weight is 312 g/mol. The summed E-state index contributed by atoms with van der Waals surface area (Å²) in [6.45, 7) is 0.290. The van der Waals surface area contributed by atoms with Gasteiger partial charge < -0.3 is 10.5 Å². The van der Waals surface area contributed by atoms with E-state index in [0.29, 0.717) is 11.3 Å². The Morgan fingerprint density at radius 3 is 2.88 bits per heavy atom. The first-order valence-corrected chi connectivity index (χ1v) is 6.63. The zero-order chi connectivity index (χ0) is 12.3. The molecule has 0 radical (unpaired) electrons. The fraction of sp³-hybridized carbons (Fsp3) is 0.0833. The van der Waals surface area contributed by atoms with Crippen LogP contribution in [0.3, 0.4) is 0 Å². The summed E-state index contributed by atoms with van der Waals surface area (Å²) in [6.07, 6.45) is 0. The molecule has 1 aromatic heterocycles. The fourth-order valence-electron chi connectivity index (χ4n) is 1.28. The van der Waals surface area contributed by atoms with Crippen LogP contribution in [0.1, 0.15) is 15.9 Å². The fourth-order valence-corrected chi connectivity index (χ4v) is 2.18. The van der Waals surface area contributed by atoms with Gasteiger partial charge >= 0.3 is 5.97 Å². The second-order valence-electron chi connectivity index (χ2n) is 3.44. The zero-order valence-electron chi connectivity index (χ0n) is 8.85. The smallest absolute Gasteiger partial charge is 0.338 e. The van der Waals surface area contributed by atoms with Crippen LogP contribution in [0.2, 0.25) is 0 Å². The minimum Gasteiger partial charge on any atom is -0.457 e. The first-order chi connectivity index (χ1) is 8.16. The number of benzene rings is 1. The molecule has 0 unspecified atom stereocenters. The Morgan fingerprint density at radius 2 is 2.24 bits per heavy atom. The number of carbonyl (C=O) groups excluding carboxylic acids is 1. The number of thiophene rings is 1. The lowest BCUT2D eigenvalue weighted by molar-refractivity contribution is 0.0473. The van der Waals surface area contributed by atoms with Gasteiger partial charge in [-0.05, 0) is 51.0 Å². The second kappa shape index (κ2) is 5.33. The highest BCUT2D eigenvalue weighted by molar-refractivity contribution is 9.10. The van der Waals surface area contributed by atoms with Crippen molar-refractivity contribution in [2.45, 2.75) is 6.61 Å². The van der Waals surface area contributed by atoms with Crippen LogP contribution in [0.4, 0.5) is 5.69 Å². The van der Waals surface area contributed by atoms with Crippen LogP contribution >= 0.6 is 27.3 Å². The van der Waals surface area contributed by atoms with Gasteiger partial charge in [0.2, 0.25) is 0 Å². The number of nitrogen functional groups attached to an aromatic ring is 1. The average Bonchev–Trinajstić information content (AvgIpc) is 2.82. The molecule has 1 aromatic carbocycles. The quantitative estimate of drug-likeness (QED) is 0.697. The molecule has 1 heterocycles. The Kier molecular flexibility index (Phi) is 3.81. The van der Waals surface area contributed by atoms with E-state index in [1.54, 1.807) is 29.5 Å². The predicted molar refractivity (Wildman–Crippen MR) is 72.0 cm³/mol. The summed E-state index contributed by atoms with van der Waals surface area (Å²) in [5.74, 6) is -0.365. The number of nitrogens with two attached hydrogens (primary N) is 1. The largest absolute Gasteiger partial charge is 0.457 e. The zero-order valence-corrected chi connectivity index (χ0v) is 11.3.